The van der Waals surface area contributed by atoms with Gasteiger partial charge in [0.2, 0.25) is 0 Å². The number of methoxy groups -OCH3 is 1. The summed E-state index contributed by atoms with van der Waals surface area (Å²) in [5.41, 5.74) is 6.53. The van der Waals surface area contributed by atoms with Crippen LogP contribution in [0.5, 0.6) is 0 Å². The van der Waals surface area contributed by atoms with Crippen LogP contribution in [0.3, 0.4) is 0 Å². The number of rotatable bonds is 4. The zero-order chi connectivity index (χ0) is 14.5. The van der Waals surface area contributed by atoms with Gasteiger partial charge in [-0.1, -0.05) is 12.1 Å². The minimum absolute atomic E-state index is 0. The van der Waals surface area contributed by atoms with Crippen molar-refractivity contribution in [3.05, 3.63) is 35.6 Å². The normalized spacial score (nSPS) is 13.6. The first-order valence-electron chi connectivity index (χ1n) is 6.18. The van der Waals surface area contributed by atoms with Gasteiger partial charge in [-0.25, -0.2) is 4.39 Å². The Morgan fingerprint density at radius 1 is 1.35 bits per heavy atom. The maximum absolute atomic E-state index is 12.9. The van der Waals surface area contributed by atoms with Crippen molar-refractivity contribution < 1.29 is 9.13 Å². The molecule has 0 bridgehead atoms. The van der Waals surface area contributed by atoms with Crippen molar-refractivity contribution in [3.63, 3.8) is 0 Å². The van der Waals surface area contributed by atoms with Gasteiger partial charge in [-0.3, -0.25) is 4.99 Å². The minimum atomic E-state index is -0.268. The SMILES string of the molecule is COC(CN=C(N)NC(C)(C)C)c1ccc(F)cc1.I. The second-order valence-electron chi connectivity index (χ2n) is 5.38. The zero-order valence-corrected chi connectivity index (χ0v) is 14.6. The van der Waals surface area contributed by atoms with Gasteiger partial charge in [0.1, 0.15) is 11.9 Å². The Balaban J connectivity index is 0.00000361. The van der Waals surface area contributed by atoms with Crippen molar-refractivity contribution in [3.8, 4) is 0 Å². The molecule has 1 unspecified atom stereocenters. The second-order valence-corrected chi connectivity index (χ2v) is 5.38. The van der Waals surface area contributed by atoms with E-state index in [4.69, 9.17) is 10.5 Å². The van der Waals surface area contributed by atoms with Crippen LogP contribution in [0, 0.1) is 5.82 Å². The summed E-state index contributed by atoms with van der Waals surface area (Å²) in [6.07, 6.45) is -0.235. The summed E-state index contributed by atoms with van der Waals surface area (Å²) in [5.74, 6) is 0.104. The van der Waals surface area contributed by atoms with Crippen LogP contribution in [0.1, 0.15) is 32.4 Å². The van der Waals surface area contributed by atoms with Crippen molar-refractivity contribution >= 4 is 29.9 Å². The van der Waals surface area contributed by atoms with E-state index in [-0.39, 0.29) is 41.4 Å². The number of halogens is 2. The summed E-state index contributed by atoms with van der Waals surface area (Å²) in [5, 5.41) is 3.07. The van der Waals surface area contributed by atoms with Crippen LogP contribution in [-0.4, -0.2) is 25.2 Å². The number of nitrogens with zero attached hydrogens (tertiary/aromatic N) is 1. The Morgan fingerprint density at radius 3 is 2.35 bits per heavy atom. The molecule has 0 saturated carbocycles. The molecule has 0 amide bonds. The summed E-state index contributed by atoms with van der Waals surface area (Å²) in [4.78, 5) is 4.24. The highest BCUT2D eigenvalue weighted by atomic mass is 127. The molecule has 3 N–H and O–H groups in total. The lowest BCUT2D eigenvalue weighted by Crippen LogP contribution is -2.45. The molecule has 0 aliphatic carbocycles. The average Bonchev–Trinajstić information content (AvgIpc) is 2.29. The van der Waals surface area contributed by atoms with E-state index < -0.39 is 0 Å². The number of ether oxygens (including phenoxy) is 1. The number of guanidine groups is 1. The lowest BCUT2D eigenvalue weighted by atomic mass is 10.1. The molecular weight excluding hydrogens is 372 g/mol. The molecule has 6 heteroatoms. The van der Waals surface area contributed by atoms with E-state index >= 15 is 0 Å². The Morgan fingerprint density at radius 2 is 1.90 bits per heavy atom. The first-order valence-corrected chi connectivity index (χ1v) is 6.18. The number of nitrogens with two attached hydrogens (primary N) is 1. The van der Waals surface area contributed by atoms with Crippen LogP contribution >= 0.6 is 24.0 Å². The third-order valence-electron chi connectivity index (χ3n) is 2.46. The van der Waals surface area contributed by atoms with Crippen LogP contribution in [0.25, 0.3) is 0 Å². The molecule has 0 saturated heterocycles. The molecule has 0 fully saturated rings. The van der Waals surface area contributed by atoms with Gasteiger partial charge in [0.15, 0.2) is 5.96 Å². The molecule has 0 aliphatic heterocycles. The summed E-state index contributed by atoms with van der Waals surface area (Å²) < 4.78 is 18.2. The Hall–Kier alpha value is -0.890. The second kappa shape index (κ2) is 8.41. The fraction of sp³-hybridized carbons (Fsp3) is 0.500. The first kappa shape index (κ1) is 19.1. The van der Waals surface area contributed by atoms with Gasteiger partial charge in [-0.05, 0) is 38.5 Å². The van der Waals surface area contributed by atoms with E-state index in [1.807, 2.05) is 20.8 Å². The zero-order valence-electron chi connectivity index (χ0n) is 12.3. The highest BCUT2D eigenvalue weighted by Crippen LogP contribution is 2.17. The van der Waals surface area contributed by atoms with E-state index in [2.05, 4.69) is 10.3 Å². The van der Waals surface area contributed by atoms with E-state index in [1.165, 1.54) is 12.1 Å². The lowest BCUT2D eigenvalue weighted by Gasteiger charge is -2.21. The Bertz CT molecular complexity index is 429. The molecule has 20 heavy (non-hydrogen) atoms. The third-order valence-corrected chi connectivity index (χ3v) is 2.46. The summed E-state index contributed by atoms with van der Waals surface area (Å²) >= 11 is 0. The molecule has 0 radical (unpaired) electrons. The highest BCUT2D eigenvalue weighted by molar-refractivity contribution is 14.0. The molecule has 0 aromatic heterocycles. The average molecular weight is 395 g/mol. The molecule has 114 valence electrons. The quantitative estimate of drug-likeness (QED) is 0.468. The fourth-order valence-electron chi connectivity index (χ4n) is 1.60. The van der Waals surface area contributed by atoms with Crippen molar-refractivity contribution in [2.45, 2.75) is 32.4 Å². The maximum atomic E-state index is 12.9. The molecule has 4 nitrogen and oxygen atoms in total. The van der Waals surface area contributed by atoms with Crippen LogP contribution in [0.15, 0.2) is 29.3 Å². The van der Waals surface area contributed by atoms with Crippen LogP contribution in [-0.2, 0) is 4.74 Å². The van der Waals surface area contributed by atoms with Crippen molar-refractivity contribution in [1.29, 1.82) is 0 Å². The van der Waals surface area contributed by atoms with Crippen molar-refractivity contribution in [2.75, 3.05) is 13.7 Å². The Labute approximate surface area is 137 Å². The number of benzene rings is 1. The predicted molar refractivity (Wildman–Crippen MR) is 90.9 cm³/mol. The topological polar surface area (TPSA) is 59.6 Å². The van der Waals surface area contributed by atoms with Gasteiger partial charge in [0.05, 0.1) is 6.54 Å². The molecule has 1 aromatic carbocycles. The van der Waals surface area contributed by atoms with E-state index in [9.17, 15) is 4.39 Å². The molecule has 0 heterocycles. The maximum Gasteiger partial charge on any atom is 0.189 e. The minimum Gasteiger partial charge on any atom is -0.375 e. The molecule has 0 aliphatic rings. The number of nitrogens with one attached hydrogen (secondary N) is 1. The smallest absolute Gasteiger partial charge is 0.189 e. The molecule has 0 spiro atoms. The van der Waals surface area contributed by atoms with Gasteiger partial charge in [0, 0.05) is 12.6 Å². The molecule has 1 atom stereocenters. The largest absolute Gasteiger partial charge is 0.375 e. The number of hydrogen-bond acceptors (Lipinski definition) is 2. The van der Waals surface area contributed by atoms with Crippen LogP contribution < -0.4 is 11.1 Å². The number of aliphatic imine (C=N–C) groups is 1. The summed E-state index contributed by atoms with van der Waals surface area (Å²) in [6.45, 7) is 6.40. The third kappa shape index (κ3) is 7.04. The lowest BCUT2D eigenvalue weighted by molar-refractivity contribution is 0.111. The van der Waals surface area contributed by atoms with Gasteiger partial charge < -0.3 is 15.8 Å². The standard InChI is InChI=1S/C14H22FN3O.HI/c1-14(2,3)18-13(16)17-9-12(19-4)10-5-7-11(15)8-6-10;/h5-8,12H,9H2,1-4H3,(H3,16,17,18);1H. The van der Waals surface area contributed by atoms with Crippen LogP contribution in [0.4, 0.5) is 4.39 Å². The first-order chi connectivity index (χ1) is 8.81. The highest BCUT2D eigenvalue weighted by Gasteiger charge is 2.12. The molecule has 1 rings (SSSR count). The fourth-order valence-corrected chi connectivity index (χ4v) is 1.60. The molecule has 1 aromatic rings. The van der Waals surface area contributed by atoms with E-state index in [0.29, 0.717) is 12.5 Å². The number of hydrogen-bond donors (Lipinski definition) is 2. The summed E-state index contributed by atoms with van der Waals surface area (Å²) in [6, 6.07) is 6.18. The summed E-state index contributed by atoms with van der Waals surface area (Å²) in [7, 11) is 1.59. The monoisotopic (exact) mass is 395 g/mol. The van der Waals surface area contributed by atoms with Crippen molar-refractivity contribution in [1.82, 2.24) is 5.32 Å². The van der Waals surface area contributed by atoms with E-state index in [1.54, 1.807) is 19.2 Å². The predicted octanol–water partition coefficient (Wildman–Crippen LogP) is 2.83. The van der Waals surface area contributed by atoms with Gasteiger partial charge >= 0.3 is 0 Å². The van der Waals surface area contributed by atoms with Gasteiger partial charge in [0.25, 0.3) is 0 Å². The van der Waals surface area contributed by atoms with Gasteiger partial charge in [-0.2, -0.15) is 0 Å². The molecular formula is C14H23FIN3O. The van der Waals surface area contributed by atoms with Crippen molar-refractivity contribution in [2.24, 2.45) is 10.7 Å². The van der Waals surface area contributed by atoms with E-state index in [0.717, 1.165) is 5.56 Å². The van der Waals surface area contributed by atoms with Crippen LogP contribution in [0.2, 0.25) is 0 Å². The Kier molecular flexibility index (Phi) is 8.03. The van der Waals surface area contributed by atoms with Gasteiger partial charge in [-0.15, -0.1) is 24.0 Å².